The highest BCUT2D eigenvalue weighted by Crippen LogP contribution is 2.27. The van der Waals surface area contributed by atoms with Gasteiger partial charge in [0.1, 0.15) is 5.82 Å². The Morgan fingerprint density at radius 2 is 2.11 bits per heavy atom. The van der Waals surface area contributed by atoms with Crippen LogP contribution in [0.2, 0.25) is 0 Å². The van der Waals surface area contributed by atoms with Crippen molar-refractivity contribution in [1.29, 1.82) is 0 Å². The molecule has 1 fully saturated rings. The molecule has 0 bridgehead atoms. The predicted octanol–water partition coefficient (Wildman–Crippen LogP) is 3.28. The van der Waals surface area contributed by atoms with Crippen LogP contribution < -0.4 is 4.90 Å². The van der Waals surface area contributed by atoms with Crippen molar-refractivity contribution in [3.63, 3.8) is 0 Å². The molecule has 3 nitrogen and oxygen atoms in total. The normalized spacial score (nSPS) is 16.8. The second-order valence-corrected chi connectivity index (χ2v) is 5.85. The van der Waals surface area contributed by atoms with Crippen molar-refractivity contribution in [2.75, 3.05) is 18.1 Å². The third-order valence-electron chi connectivity index (χ3n) is 3.68. The summed E-state index contributed by atoms with van der Waals surface area (Å²) in [5.74, 6) is 0.997. The Bertz CT molecular complexity index is 391. The van der Waals surface area contributed by atoms with E-state index in [2.05, 4.69) is 38.8 Å². The number of aromatic nitrogens is 1. The quantitative estimate of drug-likeness (QED) is 0.927. The fourth-order valence-electron chi connectivity index (χ4n) is 2.67. The number of nitrogens with zero attached hydrogens (tertiary/aromatic N) is 2. The van der Waals surface area contributed by atoms with Crippen LogP contribution in [0.3, 0.4) is 0 Å². The first-order valence-electron chi connectivity index (χ1n) is 6.72. The lowest BCUT2D eigenvalue weighted by molar-refractivity contribution is 0.289. The topological polar surface area (TPSA) is 36.4 Å². The molecule has 1 N–H and O–H groups in total. The SMILES string of the molecule is Cc1cc(N(CCO)C2CCCCC2)ncc1Br. The van der Waals surface area contributed by atoms with Crippen LogP contribution >= 0.6 is 15.9 Å². The molecule has 0 spiro atoms. The first-order valence-corrected chi connectivity index (χ1v) is 7.51. The van der Waals surface area contributed by atoms with Gasteiger partial charge in [0, 0.05) is 23.3 Å². The van der Waals surface area contributed by atoms with Crippen LogP contribution in [0.15, 0.2) is 16.7 Å². The highest BCUT2D eigenvalue weighted by molar-refractivity contribution is 9.10. The Balaban J connectivity index is 2.19. The molecule has 1 aromatic rings. The molecule has 18 heavy (non-hydrogen) atoms. The summed E-state index contributed by atoms with van der Waals surface area (Å²) in [6, 6.07) is 2.65. The summed E-state index contributed by atoms with van der Waals surface area (Å²) in [6.45, 7) is 2.94. The average molecular weight is 313 g/mol. The monoisotopic (exact) mass is 312 g/mol. The van der Waals surface area contributed by atoms with Crippen LogP contribution in [-0.2, 0) is 0 Å². The number of hydrogen-bond donors (Lipinski definition) is 1. The minimum atomic E-state index is 0.188. The van der Waals surface area contributed by atoms with Crippen molar-refractivity contribution >= 4 is 21.7 Å². The van der Waals surface area contributed by atoms with Crippen molar-refractivity contribution in [1.82, 2.24) is 4.98 Å². The van der Waals surface area contributed by atoms with Crippen molar-refractivity contribution < 1.29 is 5.11 Å². The summed E-state index contributed by atoms with van der Waals surface area (Å²) in [7, 11) is 0. The fraction of sp³-hybridized carbons (Fsp3) is 0.643. The van der Waals surface area contributed by atoms with Gasteiger partial charge in [-0.25, -0.2) is 4.98 Å². The number of rotatable bonds is 4. The molecular formula is C14H21BrN2O. The van der Waals surface area contributed by atoms with E-state index in [1.807, 2.05) is 6.20 Å². The van der Waals surface area contributed by atoms with Gasteiger partial charge in [-0.1, -0.05) is 19.3 Å². The van der Waals surface area contributed by atoms with E-state index in [1.165, 1.54) is 37.7 Å². The number of aliphatic hydroxyl groups excluding tert-OH is 1. The summed E-state index contributed by atoms with van der Waals surface area (Å²) in [5.41, 5.74) is 1.19. The van der Waals surface area contributed by atoms with Gasteiger partial charge in [0.25, 0.3) is 0 Å². The molecule has 1 aliphatic carbocycles. The first-order chi connectivity index (χ1) is 8.72. The van der Waals surface area contributed by atoms with Crippen LogP contribution in [0.4, 0.5) is 5.82 Å². The number of aryl methyl sites for hydroxylation is 1. The molecule has 0 radical (unpaired) electrons. The summed E-state index contributed by atoms with van der Waals surface area (Å²) in [6.07, 6.45) is 8.23. The van der Waals surface area contributed by atoms with E-state index in [1.54, 1.807) is 0 Å². The number of halogens is 1. The molecule has 0 aliphatic heterocycles. The molecule has 0 saturated heterocycles. The Morgan fingerprint density at radius 1 is 1.39 bits per heavy atom. The Kier molecular flexibility index (Phi) is 5.01. The van der Waals surface area contributed by atoms with Crippen LogP contribution in [0.25, 0.3) is 0 Å². The van der Waals surface area contributed by atoms with Gasteiger partial charge >= 0.3 is 0 Å². The third-order valence-corrected chi connectivity index (χ3v) is 4.51. The van der Waals surface area contributed by atoms with Crippen molar-refractivity contribution in [2.24, 2.45) is 0 Å². The molecule has 0 aromatic carbocycles. The predicted molar refractivity (Wildman–Crippen MR) is 78.0 cm³/mol. The molecule has 100 valence electrons. The van der Waals surface area contributed by atoms with Crippen molar-refractivity contribution in [3.8, 4) is 0 Å². The lowest BCUT2D eigenvalue weighted by atomic mass is 9.94. The third kappa shape index (κ3) is 3.23. The molecular weight excluding hydrogens is 292 g/mol. The molecule has 0 atom stereocenters. The van der Waals surface area contributed by atoms with Crippen LogP contribution in [0.1, 0.15) is 37.7 Å². The second-order valence-electron chi connectivity index (χ2n) is 5.00. The standard InChI is InChI=1S/C14H21BrN2O/c1-11-9-14(16-10-13(11)15)17(7-8-18)12-5-3-2-4-6-12/h9-10,12,18H,2-8H2,1H3. The van der Waals surface area contributed by atoms with E-state index in [-0.39, 0.29) is 6.61 Å². The highest BCUT2D eigenvalue weighted by atomic mass is 79.9. The summed E-state index contributed by atoms with van der Waals surface area (Å²) >= 11 is 3.48. The van der Waals surface area contributed by atoms with Gasteiger partial charge in [-0.05, 0) is 47.3 Å². The zero-order valence-electron chi connectivity index (χ0n) is 10.9. The lowest BCUT2D eigenvalue weighted by Crippen LogP contribution is -2.39. The molecule has 0 unspecified atom stereocenters. The molecule has 1 heterocycles. The highest BCUT2D eigenvalue weighted by Gasteiger charge is 2.22. The second kappa shape index (κ2) is 6.53. The maximum Gasteiger partial charge on any atom is 0.129 e. The van der Waals surface area contributed by atoms with Gasteiger partial charge in [0.15, 0.2) is 0 Å². The minimum absolute atomic E-state index is 0.188. The Morgan fingerprint density at radius 3 is 2.72 bits per heavy atom. The van der Waals surface area contributed by atoms with Gasteiger partial charge in [-0.3, -0.25) is 0 Å². The molecule has 0 amide bonds. The van der Waals surface area contributed by atoms with Crippen LogP contribution in [0, 0.1) is 6.92 Å². The van der Waals surface area contributed by atoms with E-state index in [0.29, 0.717) is 12.6 Å². The number of hydrogen-bond acceptors (Lipinski definition) is 3. The minimum Gasteiger partial charge on any atom is -0.395 e. The van der Waals surface area contributed by atoms with E-state index >= 15 is 0 Å². The van der Waals surface area contributed by atoms with Gasteiger partial charge in [0.2, 0.25) is 0 Å². The average Bonchev–Trinajstić information content (AvgIpc) is 2.40. The van der Waals surface area contributed by atoms with Crippen molar-refractivity contribution in [2.45, 2.75) is 45.1 Å². The summed E-state index contributed by atoms with van der Waals surface area (Å²) < 4.78 is 1.04. The van der Waals surface area contributed by atoms with E-state index in [0.717, 1.165) is 10.3 Å². The maximum atomic E-state index is 9.27. The molecule has 4 heteroatoms. The van der Waals surface area contributed by atoms with E-state index < -0.39 is 0 Å². The smallest absolute Gasteiger partial charge is 0.129 e. The Labute approximate surface area is 117 Å². The van der Waals surface area contributed by atoms with Crippen molar-refractivity contribution in [3.05, 3.63) is 22.3 Å². The van der Waals surface area contributed by atoms with Gasteiger partial charge in [-0.2, -0.15) is 0 Å². The largest absolute Gasteiger partial charge is 0.395 e. The van der Waals surface area contributed by atoms with Gasteiger partial charge in [-0.15, -0.1) is 0 Å². The number of pyridine rings is 1. The van der Waals surface area contributed by atoms with Gasteiger partial charge < -0.3 is 10.0 Å². The number of anilines is 1. The molecule has 2 rings (SSSR count). The Hall–Kier alpha value is -0.610. The first kappa shape index (κ1) is 13.8. The maximum absolute atomic E-state index is 9.27. The molecule has 1 saturated carbocycles. The summed E-state index contributed by atoms with van der Waals surface area (Å²) in [4.78, 5) is 6.78. The molecule has 1 aromatic heterocycles. The zero-order valence-corrected chi connectivity index (χ0v) is 12.5. The fourth-order valence-corrected chi connectivity index (χ4v) is 2.88. The van der Waals surface area contributed by atoms with Crippen LogP contribution in [0.5, 0.6) is 0 Å². The lowest BCUT2D eigenvalue weighted by Gasteiger charge is -2.35. The molecule has 1 aliphatic rings. The summed E-state index contributed by atoms with van der Waals surface area (Å²) in [5, 5.41) is 9.27. The van der Waals surface area contributed by atoms with Gasteiger partial charge in [0.05, 0.1) is 6.61 Å². The van der Waals surface area contributed by atoms with E-state index in [9.17, 15) is 5.11 Å². The number of aliphatic hydroxyl groups is 1. The van der Waals surface area contributed by atoms with Crippen LogP contribution in [-0.4, -0.2) is 29.3 Å². The van der Waals surface area contributed by atoms with E-state index in [4.69, 9.17) is 0 Å². The zero-order chi connectivity index (χ0) is 13.0.